The molecule has 0 aliphatic rings. The number of nitro groups is 1. The smallest absolute Gasteiger partial charge is 0.368 e. The standard InChI is InChI=1S/C16H19N5O7S/c1-10-17-15(16(21(24)25)20(10)8-9-28-12(3)23)19-29(26,27)14-6-4-13(5-7-14)18-11(2)22/h4-7,19H,8-9H2,1-3H3,(H,18,22). The summed E-state index contributed by atoms with van der Waals surface area (Å²) in [6.07, 6.45) is 0. The van der Waals surface area contributed by atoms with Gasteiger partial charge >= 0.3 is 11.8 Å². The van der Waals surface area contributed by atoms with Crippen LogP contribution in [0.4, 0.5) is 17.3 Å². The van der Waals surface area contributed by atoms with Crippen LogP contribution in [0.3, 0.4) is 0 Å². The molecular formula is C16H19N5O7S. The van der Waals surface area contributed by atoms with Gasteiger partial charge in [-0.15, -0.1) is 0 Å². The van der Waals surface area contributed by atoms with Crippen LogP contribution in [0, 0.1) is 17.0 Å². The molecule has 2 rings (SSSR count). The number of benzene rings is 1. The fourth-order valence-electron chi connectivity index (χ4n) is 2.46. The fourth-order valence-corrected chi connectivity index (χ4v) is 3.47. The first kappa shape index (κ1) is 21.8. The number of imidazole rings is 1. The van der Waals surface area contributed by atoms with Gasteiger partial charge in [0.2, 0.25) is 11.7 Å². The minimum Gasteiger partial charge on any atom is -0.462 e. The molecule has 0 aliphatic carbocycles. The van der Waals surface area contributed by atoms with Crippen molar-refractivity contribution >= 4 is 39.2 Å². The average molecular weight is 425 g/mol. The van der Waals surface area contributed by atoms with Crippen molar-refractivity contribution in [3.8, 4) is 0 Å². The number of esters is 1. The van der Waals surface area contributed by atoms with Gasteiger partial charge in [0.1, 0.15) is 13.2 Å². The molecule has 29 heavy (non-hydrogen) atoms. The highest BCUT2D eigenvalue weighted by Gasteiger charge is 2.29. The number of ether oxygens (including phenoxy) is 1. The Morgan fingerprint density at radius 2 is 1.86 bits per heavy atom. The third-order valence-electron chi connectivity index (χ3n) is 3.64. The summed E-state index contributed by atoms with van der Waals surface area (Å²) in [6.45, 7) is 3.77. The Bertz CT molecular complexity index is 1040. The molecule has 1 aromatic carbocycles. The van der Waals surface area contributed by atoms with Crippen LogP contribution in [0.15, 0.2) is 29.2 Å². The van der Waals surface area contributed by atoms with Crippen molar-refractivity contribution < 1.29 is 27.7 Å². The van der Waals surface area contributed by atoms with Gasteiger partial charge in [0.25, 0.3) is 10.0 Å². The zero-order chi connectivity index (χ0) is 21.8. The van der Waals surface area contributed by atoms with E-state index in [1.54, 1.807) is 0 Å². The first-order valence-corrected chi connectivity index (χ1v) is 9.75. The minimum absolute atomic E-state index is 0.0676. The van der Waals surface area contributed by atoms with Crippen molar-refractivity contribution in [1.82, 2.24) is 9.55 Å². The van der Waals surface area contributed by atoms with Gasteiger partial charge in [-0.25, -0.2) is 13.0 Å². The molecule has 12 nitrogen and oxygen atoms in total. The van der Waals surface area contributed by atoms with E-state index in [9.17, 15) is 28.1 Å². The van der Waals surface area contributed by atoms with Crippen molar-refractivity contribution in [2.75, 3.05) is 16.6 Å². The van der Waals surface area contributed by atoms with E-state index in [0.29, 0.717) is 5.69 Å². The molecule has 1 aromatic heterocycles. The van der Waals surface area contributed by atoms with Gasteiger partial charge in [-0.1, -0.05) is 0 Å². The fraction of sp³-hybridized carbons (Fsp3) is 0.312. The molecule has 156 valence electrons. The minimum atomic E-state index is -4.18. The summed E-state index contributed by atoms with van der Waals surface area (Å²) < 4.78 is 33.2. The molecule has 0 unspecified atom stereocenters. The maximum atomic E-state index is 12.6. The Morgan fingerprint density at radius 1 is 1.24 bits per heavy atom. The first-order valence-electron chi connectivity index (χ1n) is 8.26. The van der Waals surface area contributed by atoms with E-state index in [1.165, 1.54) is 45.0 Å². The van der Waals surface area contributed by atoms with Crippen LogP contribution < -0.4 is 10.0 Å². The van der Waals surface area contributed by atoms with Crippen LogP contribution in [0.1, 0.15) is 19.7 Å². The number of amides is 1. The largest absolute Gasteiger partial charge is 0.462 e. The lowest BCUT2D eigenvalue weighted by atomic mass is 10.3. The number of hydrogen-bond donors (Lipinski definition) is 2. The Labute approximate surface area is 166 Å². The lowest BCUT2D eigenvalue weighted by molar-refractivity contribution is -0.391. The zero-order valence-corrected chi connectivity index (χ0v) is 16.6. The van der Waals surface area contributed by atoms with E-state index in [4.69, 9.17) is 4.74 Å². The summed E-state index contributed by atoms with van der Waals surface area (Å²) in [6, 6.07) is 5.24. The van der Waals surface area contributed by atoms with E-state index in [0.717, 1.165) is 4.57 Å². The summed E-state index contributed by atoms with van der Waals surface area (Å²) in [5.41, 5.74) is 0.396. The first-order chi connectivity index (χ1) is 13.5. The number of anilines is 2. The maximum Gasteiger partial charge on any atom is 0.368 e. The number of nitrogens with zero attached hydrogens (tertiary/aromatic N) is 3. The molecule has 0 atom stereocenters. The molecular weight excluding hydrogens is 406 g/mol. The molecule has 0 bridgehead atoms. The summed E-state index contributed by atoms with van der Waals surface area (Å²) in [5, 5.41) is 14.0. The van der Waals surface area contributed by atoms with Crippen LogP contribution in [0.2, 0.25) is 0 Å². The van der Waals surface area contributed by atoms with Gasteiger partial charge in [0, 0.05) is 26.5 Å². The number of aromatic nitrogens is 2. The monoisotopic (exact) mass is 425 g/mol. The molecule has 0 aliphatic heterocycles. The van der Waals surface area contributed by atoms with Crippen molar-refractivity contribution in [3.05, 3.63) is 40.2 Å². The molecule has 0 saturated carbocycles. The van der Waals surface area contributed by atoms with Gasteiger partial charge in [0.15, 0.2) is 5.82 Å². The van der Waals surface area contributed by atoms with Crippen LogP contribution in [-0.4, -0.2) is 41.4 Å². The van der Waals surface area contributed by atoms with Gasteiger partial charge in [-0.05, 0) is 29.2 Å². The molecule has 1 heterocycles. The van der Waals surface area contributed by atoms with Gasteiger partial charge in [0.05, 0.1) is 4.90 Å². The van der Waals surface area contributed by atoms with Crippen LogP contribution in [0.5, 0.6) is 0 Å². The van der Waals surface area contributed by atoms with Crippen molar-refractivity contribution in [1.29, 1.82) is 0 Å². The summed E-state index contributed by atoms with van der Waals surface area (Å²) >= 11 is 0. The predicted molar refractivity (Wildman–Crippen MR) is 102 cm³/mol. The molecule has 13 heteroatoms. The van der Waals surface area contributed by atoms with E-state index in [2.05, 4.69) is 15.0 Å². The maximum absolute atomic E-state index is 12.6. The Hall–Kier alpha value is -3.48. The number of carbonyl (C=O) groups is 2. The zero-order valence-electron chi connectivity index (χ0n) is 15.8. The number of hydrogen-bond acceptors (Lipinski definition) is 8. The van der Waals surface area contributed by atoms with Crippen molar-refractivity contribution in [2.24, 2.45) is 0 Å². The quantitative estimate of drug-likeness (QED) is 0.364. The third-order valence-corrected chi connectivity index (χ3v) is 5.00. The molecule has 1 amide bonds. The molecule has 0 spiro atoms. The van der Waals surface area contributed by atoms with Crippen molar-refractivity contribution in [2.45, 2.75) is 32.2 Å². The van der Waals surface area contributed by atoms with E-state index in [-0.39, 0.29) is 29.8 Å². The third kappa shape index (κ3) is 5.51. The van der Waals surface area contributed by atoms with Crippen molar-refractivity contribution in [3.63, 3.8) is 0 Å². The number of sulfonamides is 1. The summed E-state index contributed by atoms with van der Waals surface area (Å²) in [7, 11) is -4.18. The molecule has 2 aromatic rings. The Morgan fingerprint density at radius 3 is 2.38 bits per heavy atom. The average Bonchev–Trinajstić information content (AvgIpc) is 2.89. The summed E-state index contributed by atoms with van der Waals surface area (Å²) in [5.74, 6) is -1.73. The van der Waals surface area contributed by atoms with E-state index < -0.39 is 32.6 Å². The highest BCUT2D eigenvalue weighted by molar-refractivity contribution is 7.92. The normalized spacial score (nSPS) is 11.0. The Kier molecular flexibility index (Phi) is 6.53. The van der Waals surface area contributed by atoms with Crippen LogP contribution >= 0.6 is 0 Å². The number of carbonyl (C=O) groups excluding carboxylic acids is 2. The number of nitrogens with one attached hydrogen (secondary N) is 2. The van der Waals surface area contributed by atoms with Gasteiger partial charge in [-0.3, -0.25) is 14.3 Å². The second kappa shape index (κ2) is 8.68. The Balaban J connectivity index is 2.31. The highest BCUT2D eigenvalue weighted by atomic mass is 32.2. The molecule has 0 radical (unpaired) electrons. The topological polar surface area (TPSA) is 163 Å². The molecule has 0 fully saturated rings. The SMILES string of the molecule is CC(=O)Nc1ccc(S(=O)(=O)Nc2nc(C)n(CCOC(C)=O)c2[N+](=O)[O-])cc1. The number of aryl methyl sites for hydroxylation is 1. The molecule has 2 N–H and O–H groups in total. The number of rotatable bonds is 8. The van der Waals surface area contributed by atoms with E-state index >= 15 is 0 Å². The lowest BCUT2D eigenvalue weighted by Gasteiger charge is -2.08. The lowest BCUT2D eigenvalue weighted by Crippen LogP contribution is -2.16. The van der Waals surface area contributed by atoms with Crippen LogP contribution in [-0.2, 0) is 30.9 Å². The van der Waals surface area contributed by atoms with Gasteiger partial charge in [-0.2, -0.15) is 4.98 Å². The second-order valence-electron chi connectivity index (χ2n) is 5.89. The van der Waals surface area contributed by atoms with Crippen LogP contribution in [0.25, 0.3) is 0 Å². The summed E-state index contributed by atoms with van der Waals surface area (Å²) in [4.78, 5) is 36.4. The van der Waals surface area contributed by atoms with Gasteiger partial charge < -0.3 is 20.2 Å². The second-order valence-corrected chi connectivity index (χ2v) is 7.57. The molecule has 0 saturated heterocycles. The highest BCUT2D eigenvalue weighted by Crippen LogP contribution is 2.28. The predicted octanol–water partition coefficient (Wildman–Crippen LogP) is 1.42. The van der Waals surface area contributed by atoms with E-state index in [1.807, 2.05) is 0 Å².